The number of sulfonamides is 1. The van der Waals surface area contributed by atoms with E-state index >= 15 is 0 Å². The Bertz CT molecular complexity index is 1070. The number of aliphatic hydroxyl groups is 1. The third-order valence-electron chi connectivity index (χ3n) is 3.58. The van der Waals surface area contributed by atoms with Crippen molar-refractivity contribution in [1.29, 1.82) is 0 Å². The Morgan fingerprint density at radius 2 is 1.76 bits per heavy atom. The van der Waals surface area contributed by atoms with Crippen LogP contribution in [0.4, 0.5) is 22.6 Å². The average molecular weight is 454 g/mol. The highest BCUT2D eigenvalue weighted by atomic mass is 32.2. The zero-order valence-electron chi connectivity index (χ0n) is 14.8. The molecule has 2 aromatic rings. The van der Waals surface area contributed by atoms with Gasteiger partial charge in [-0.05, 0) is 43.5 Å². The van der Waals surface area contributed by atoms with E-state index < -0.39 is 60.5 Å². The Morgan fingerprint density at radius 1 is 1.17 bits per heavy atom. The van der Waals surface area contributed by atoms with E-state index in [1.54, 1.807) is 0 Å². The molecular weight excluding hydrogens is 440 g/mol. The fourth-order valence-electron chi connectivity index (χ4n) is 2.19. The van der Waals surface area contributed by atoms with Gasteiger partial charge in [-0.2, -0.15) is 17.5 Å². The number of amides is 2. The second-order valence-electron chi connectivity index (χ2n) is 6.28. The zero-order chi connectivity index (χ0) is 22.4. The van der Waals surface area contributed by atoms with E-state index in [1.165, 1.54) is 5.38 Å². The largest absolute Gasteiger partial charge is 0.416 e. The quantitative estimate of drug-likeness (QED) is 0.673. The van der Waals surface area contributed by atoms with Gasteiger partial charge >= 0.3 is 6.18 Å². The van der Waals surface area contributed by atoms with Gasteiger partial charge in [-0.25, -0.2) is 12.8 Å². The van der Waals surface area contributed by atoms with E-state index in [0.29, 0.717) is 23.5 Å². The van der Waals surface area contributed by atoms with Crippen molar-refractivity contribution in [2.24, 2.45) is 5.73 Å². The molecule has 0 fully saturated rings. The normalized spacial score (nSPS) is 12.7. The SMILES string of the molecule is CC(C)(O)C(=O)N(c1sccc1C(N)=O)S(=O)(=O)c1ccc(C(F)(F)F)cc1F. The van der Waals surface area contributed by atoms with E-state index in [0.717, 1.165) is 19.9 Å². The minimum Gasteiger partial charge on any atom is -0.381 e. The summed E-state index contributed by atoms with van der Waals surface area (Å²) in [7, 11) is -5.17. The van der Waals surface area contributed by atoms with Crippen molar-refractivity contribution in [2.45, 2.75) is 30.5 Å². The van der Waals surface area contributed by atoms with Crippen molar-refractivity contribution in [1.82, 2.24) is 0 Å². The number of nitrogens with zero attached hydrogens (tertiary/aromatic N) is 1. The van der Waals surface area contributed by atoms with Crippen molar-refractivity contribution in [2.75, 3.05) is 4.31 Å². The summed E-state index contributed by atoms with van der Waals surface area (Å²) in [4.78, 5) is 23.0. The monoisotopic (exact) mass is 454 g/mol. The molecular formula is C16H14F4N2O5S2. The smallest absolute Gasteiger partial charge is 0.381 e. The van der Waals surface area contributed by atoms with Gasteiger partial charge < -0.3 is 10.8 Å². The molecule has 1 heterocycles. The molecule has 0 aliphatic rings. The van der Waals surface area contributed by atoms with E-state index in [-0.39, 0.29) is 10.4 Å². The summed E-state index contributed by atoms with van der Waals surface area (Å²) in [5.41, 5.74) is 1.01. The van der Waals surface area contributed by atoms with Crippen LogP contribution < -0.4 is 10.0 Å². The summed E-state index contributed by atoms with van der Waals surface area (Å²) in [5.74, 6) is -4.36. The van der Waals surface area contributed by atoms with Crippen LogP contribution in [0.2, 0.25) is 0 Å². The van der Waals surface area contributed by atoms with Crippen LogP contribution in [0.25, 0.3) is 0 Å². The highest BCUT2D eigenvalue weighted by Gasteiger charge is 2.42. The summed E-state index contributed by atoms with van der Waals surface area (Å²) in [5, 5.41) is 10.7. The molecule has 0 aliphatic heterocycles. The number of hydrogen-bond donors (Lipinski definition) is 2. The molecule has 0 saturated heterocycles. The van der Waals surface area contributed by atoms with Gasteiger partial charge in [0.2, 0.25) is 0 Å². The minimum atomic E-state index is -5.17. The molecule has 1 aromatic carbocycles. The maximum Gasteiger partial charge on any atom is 0.416 e. The predicted octanol–water partition coefficient (Wildman–Crippen LogP) is 2.50. The third kappa shape index (κ3) is 4.41. The second-order valence-corrected chi connectivity index (χ2v) is 8.93. The maximum absolute atomic E-state index is 14.3. The Morgan fingerprint density at radius 3 is 2.21 bits per heavy atom. The van der Waals surface area contributed by atoms with Crippen molar-refractivity contribution < 1.29 is 40.7 Å². The lowest BCUT2D eigenvalue weighted by molar-refractivity contribution is -0.137. The average Bonchev–Trinajstić information content (AvgIpc) is 3.02. The van der Waals surface area contributed by atoms with Crippen molar-refractivity contribution in [3.63, 3.8) is 0 Å². The first-order chi connectivity index (χ1) is 13.1. The van der Waals surface area contributed by atoms with Gasteiger partial charge in [0.1, 0.15) is 21.3 Å². The summed E-state index contributed by atoms with van der Waals surface area (Å²) in [6.45, 7) is 1.89. The lowest BCUT2D eigenvalue weighted by atomic mass is 10.1. The van der Waals surface area contributed by atoms with Crippen molar-refractivity contribution in [3.05, 3.63) is 46.6 Å². The summed E-state index contributed by atoms with van der Waals surface area (Å²) in [6.07, 6.45) is -4.93. The number of benzene rings is 1. The molecule has 0 unspecified atom stereocenters. The number of carbonyl (C=O) groups excluding carboxylic acids is 2. The molecule has 0 atom stereocenters. The fraction of sp³-hybridized carbons (Fsp3) is 0.250. The minimum absolute atomic E-state index is 0.0383. The Labute approximate surface area is 166 Å². The van der Waals surface area contributed by atoms with E-state index in [9.17, 15) is 40.7 Å². The molecule has 2 rings (SSSR count). The number of hydrogen-bond acceptors (Lipinski definition) is 6. The number of nitrogens with two attached hydrogens (primary N) is 1. The summed E-state index contributed by atoms with van der Waals surface area (Å²) >= 11 is 0.577. The van der Waals surface area contributed by atoms with Gasteiger partial charge in [-0.3, -0.25) is 9.59 Å². The van der Waals surface area contributed by atoms with Crippen LogP contribution in [-0.2, 0) is 21.0 Å². The van der Waals surface area contributed by atoms with Gasteiger partial charge in [-0.1, -0.05) is 0 Å². The molecule has 0 spiro atoms. The molecule has 1 aromatic heterocycles. The second kappa shape index (κ2) is 7.39. The number of carbonyl (C=O) groups is 2. The van der Waals surface area contributed by atoms with Crippen LogP contribution in [0.15, 0.2) is 34.5 Å². The molecule has 7 nitrogen and oxygen atoms in total. The molecule has 0 bridgehead atoms. The highest BCUT2D eigenvalue weighted by molar-refractivity contribution is 7.93. The highest BCUT2D eigenvalue weighted by Crippen LogP contribution is 2.36. The van der Waals surface area contributed by atoms with Crippen LogP contribution in [0.5, 0.6) is 0 Å². The van der Waals surface area contributed by atoms with Crippen LogP contribution in [0, 0.1) is 5.82 Å². The van der Waals surface area contributed by atoms with Gasteiger partial charge in [0.15, 0.2) is 0 Å². The molecule has 29 heavy (non-hydrogen) atoms. The number of rotatable bonds is 5. The first kappa shape index (κ1) is 22.8. The van der Waals surface area contributed by atoms with E-state index in [4.69, 9.17) is 5.73 Å². The van der Waals surface area contributed by atoms with Crippen LogP contribution in [0.1, 0.15) is 29.8 Å². The maximum atomic E-state index is 14.3. The van der Waals surface area contributed by atoms with Crippen LogP contribution in [-0.4, -0.2) is 30.9 Å². The zero-order valence-corrected chi connectivity index (χ0v) is 16.5. The molecule has 0 radical (unpaired) electrons. The third-order valence-corrected chi connectivity index (χ3v) is 6.31. The molecule has 13 heteroatoms. The number of anilines is 1. The van der Waals surface area contributed by atoms with Gasteiger partial charge in [0.25, 0.3) is 21.8 Å². The number of halogens is 4. The standard InChI is InChI=1S/C16H14F4N2O5S2/c1-15(2,25)14(24)22(13-9(12(21)23)5-6-28-13)29(26,27)11-4-3-8(7-10(11)17)16(18,19)20/h3-7,25H,1-2H3,(H2,21,23). The molecule has 0 aliphatic carbocycles. The van der Waals surface area contributed by atoms with Crippen molar-refractivity contribution >= 4 is 38.2 Å². The number of alkyl halides is 3. The summed E-state index contributed by atoms with van der Waals surface area (Å²) < 4.78 is 78.5. The predicted molar refractivity (Wildman–Crippen MR) is 95.2 cm³/mol. The first-order valence-corrected chi connectivity index (χ1v) is 9.96. The van der Waals surface area contributed by atoms with Crippen molar-refractivity contribution in [3.8, 4) is 0 Å². The van der Waals surface area contributed by atoms with Gasteiger partial charge in [0.05, 0.1) is 11.1 Å². The number of primary amides is 1. The topological polar surface area (TPSA) is 118 Å². The Hall–Kier alpha value is -2.51. The molecule has 158 valence electrons. The first-order valence-electron chi connectivity index (χ1n) is 7.64. The molecule has 0 saturated carbocycles. The lowest BCUT2D eigenvalue weighted by Crippen LogP contribution is -2.48. The fourth-order valence-corrected chi connectivity index (χ4v) is 4.92. The van der Waals surface area contributed by atoms with E-state index in [2.05, 4.69) is 0 Å². The Balaban J connectivity index is 2.75. The van der Waals surface area contributed by atoms with E-state index in [1.807, 2.05) is 0 Å². The molecule has 2 amide bonds. The van der Waals surface area contributed by atoms with Gasteiger partial charge in [0, 0.05) is 0 Å². The van der Waals surface area contributed by atoms with Crippen LogP contribution in [0.3, 0.4) is 0 Å². The summed E-state index contributed by atoms with van der Waals surface area (Å²) in [6, 6.07) is 1.73. The van der Waals surface area contributed by atoms with Gasteiger partial charge in [-0.15, -0.1) is 11.3 Å². The van der Waals surface area contributed by atoms with Crippen LogP contribution >= 0.6 is 11.3 Å². The number of thiophene rings is 1. The molecule has 3 N–H and O–H groups in total. The Kier molecular flexibility index (Phi) is 5.80. The lowest BCUT2D eigenvalue weighted by Gasteiger charge is -2.27.